The molecule has 0 spiro atoms. The molecular formula is C18H17NO. The summed E-state index contributed by atoms with van der Waals surface area (Å²) in [5.41, 5.74) is 4.85. The highest BCUT2D eigenvalue weighted by Gasteiger charge is 2.19. The standard InChI is InChI=1S/C18H17NO/c1-12-9-10-16-15(11-12)17(13(2)19(16)3)18(20)14-7-5-4-6-8-14/h4-11H,1-3H3. The van der Waals surface area contributed by atoms with Gasteiger partial charge in [-0.05, 0) is 26.0 Å². The van der Waals surface area contributed by atoms with Crippen molar-refractivity contribution >= 4 is 16.7 Å². The first-order chi connectivity index (χ1) is 9.59. The van der Waals surface area contributed by atoms with Gasteiger partial charge in [-0.1, -0.05) is 42.0 Å². The average Bonchev–Trinajstić information content (AvgIpc) is 2.71. The van der Waals surface area contributed by atoms with Crippen LogP contribution in [0.5, 0.6) is 0 Å². The number of hydrogen-bond donors (Lipinski definition) is 0. The average molecular weight is 263 g/mol. The van der Waals surface area contributed by atoms with Crippen LogP contribution < -0.4 is 0 Å². The van der Waals surface area contributed by atoms with Gasteiger partial charge < -0.3 is 4.57 Å². The van der Waals surface area contributed by atoms with Crippen LogP contribution in [0.3, 0.4) is 0 Å². The molecule has 1 aromatic heterocycles. The van der Waals surface area contributed by atoms with E-state index < -0.39 is 0 Å². The van der Waals surface area contributed by atoms with Gasteiger partial charge in [0.05, 0.1) is 5.56 Å². The molecule has 100 valence electrons. The van der Waals surface area contributed by atoms with Crippen LogP contribution in [0, 0.1) is 13.8 Å². The van der Waals surface area contributed by atoms with Crippen molar-refractivity contribution < 1.29 is 4.79 Å². The topological polar surface area (TPSA) is 22.0 Å². The Hall–Kier alpha value is -2.35. The fourth-order valence-corrected chi connectivity index (χ4v) is 2.71. The van der Waals surface area contributed by atoms with E-state index in [-0.39, 0.29) is 5.78 Å². The minimum atomic E-state index is 0.0966. The van der Waals surface area contributed by atoms with E-state index in [0.29, 0.717) is 0 Å². The summed E-state index contributed by atoms with van der Waals surface area (Å²) in [5.74, 6) is 0.0966. The minimum Gasteiger partial charge on any atom is -0.347 e. The second-order valence-corrected chi connectivity index (χ2v) is 5.24. The molecule has 2 heteroatoms. The van der Waals surface area contributed by atoms with E-state index in [0.717, 1.165) is 27.7 Å². The Kier molecular flexibility index (Phi) is 2.94. The van der Waals surface area contributed by atoms with Crippen molar-refractivity contribution in [3.63, 3.8) is 0 Å². The molecule has 0 saturated heterocycles. The van der Waals surface area contributed by atoms with Gasteiger partial charge in [0, 0.05) is 29.2 Å². The van der Waals surface area contributed by atoms with Gasteiger partial charge in [-0.2, -0.15) is 0 Å². The fraction of sp³-hybridized carbons (Fsp3) is 0.167. The van der Waals surface area contributed by atoms with Crippen molar-refractivity contribution in [3.05, 3.63) is 70.9 Å². The summed E-state index contributed by atoms with van der Waals surface area (Å²) in [6, 6.07) is 15.7. The van der Waals surface area contributed by atoms with Crippen LogP contribution >= 0.6 is 0 Å². The third-order valence-corrected chi connectivity index (χ3v) is 3.91. The predicted molar refractivity (Wildman–Crippen MR) is 82.3 cm³/mol. The summed E-state index contributed by atoms with van der Waals surface area (Å²) >= 11 is 0. The Morgan fingerprint density at radius 1 is 1.00 bits per heavy atom. The van der Waals surface area contributed by atoms with E-state index in [1.165, 1.54) is 5.56 Å². The Labute approximate surface area is 118 Å². The first kappa shape index (κ1) is 12.7. The number of hydrogen-bond acceptors (Lipinski definition) is 1. The molecular weight excluding hydrogens is 246 g/mol. The van der Waals surface area contributed by atoms with Crippen LogP contribution in [0.15, 0.2) is 48.5 Å². The number of carbonyl (C=O) groups is 1. The lowest BCUT2D eigenvalue weighted by atomic mass is 10.00. The Bertz CT molecular complexity index is 797. The van der Waals surface area contributed by atoms with E-state index in [1.807, 2.05) is 44.3 Å². The summed E-state index contributed by atoms with van der Waals surface area (Å²) < 4.78 is 2.09. The lowest BCUT2D eigenvalue weighted by Gasteiger charge is -2.02. The smallest absolute Gasteiger partial charge is 0.195 e. The number of carbonyl (C=O) groups excluding carboxylic acids is 1. The number of rotatable bonds is 2. The molecule has 0 aliphatic heterocycles. The summed E-state index contributed by atoms with van der Waals surface area (Å²) in [4.78, 5) is 12.8. The highest BCUT2D eigenvalue weighted by molar-refractivity contribution is 6.17. The fourth-order valence-electron chi connectivity index (χ4n) is 2.71. The summed E-state index contributed by atoms with van der Waals surface area (Å²) in [6.45, 7) is 4.06. The number of nitrogens with zero attached hydrogens (tertiary/aromatic N) is 1. The molecule has 3 aromatic rings. The van der Waals surface area contributed by atoms with Crippen LogP contribution in [-0.4, -0.2) is 10.4 Å². The van der Waals surface area contributed by atoms with Crippen molar-refractivity contribution in [1.29, 1.82) is 0 Å². The molecule has 20 heavy (non-hydrogen) atoms. The molecule has 0 aliphatic carbocycles. The molecule has 0 aliphatic rings. The van der Waals surface area contributed by atoms with Crippen molar-refractivity contribution in [1.82, 2.24) is 4.57 Å². The van der Waals surface area contributed by atoms with E-state index in [1.54, 1.807) is 0 Å². The Morgan fingerprint density at radius 3 is 2.40 bits per heavy atom. The zero-order valence-corrected chi connectivity index (χ0v) is 12.0. The zero-order valence-electron chi connectivity index (χ0n) is 12.0. The molecule has 0 radical (unpaired) electrons. The van der Waals surface area contributed by atoms with Gasteiger partial charge in [0.15, 0.2) is 5.78 Å². The highest BCUT2D eigenvalue weighted by Crippen LogP contribution is 2.28. The molecule has 3 rings (SSSR count). The van der Waals surface area contributed by atoms with Crippen LogP contribution in [0.25, 0.3) is 10.9 Å². The number of benzene rings is 2. The van der Waals surface area contributed by atoms with Crippen LogP contribution in [0.4, 0.5) is 0 Å². The molecule has 0 unspecified atom stereocenters. The Balaban J connectivity index is 2.28. The van der Waals surface area contributed by atoms with Gasteiger partial charge in [-0.3, -0.25) is 4.79 Å². The molecule has 1 heterocycles. The monoisotopic (exact) mass is 263 g/mol. The third kappa shape index (κ3) is 1.85. The van der Waals surface area contributed by atoms with E-state index in [4.69, 9.17) is 0 Å². The molecule has 2 aromatic carbocycles. The van der Waals surface area contributed by atoms with Gasteiger partial charge in [0.1, 0.15) is 0 Å². The first-order valence-corrected chi connectivity index (χ1v) is 6.75. The quantitative estimate of drug-likeness (QED) is 0.640. The molecule has 0 fully saturated rings. The van der Waals surface area contributed by atoms with Crippen molar-refractivity contribution in [2.45, 2.75) is 13.8 Å². The lowest BCUT2D eigenvalue weighted by molar-refractivity contribution is 0.103. The van der Waals surface area contributed by atoms with Crippen molar-refractivity contribution in [2.75, 3.05) is 0 Å². The minimum absolute atomic E-state index is 0.0966. The van der Waals surface area contributed by atoms with Gasteiger partial charge in [0.25, 0.3) is 0 Å². The van der Waals surface area contributed by atoms with Gasteiger partial charge >= 0.3 is 0 Å². The first-order valence-electron chi connectivity index (χ1n) is 6.75. The molecule has 0 N–H and O–H groups in total. The molecule has 0 amide bonds. The largest absolute Gasteiger partial charge is 0.347 e. The van der Waals surface area contributed by atoms with Gasteiger partial charge in [-0.25, -0.2) is 0 Å². The number of aryl methyl sites for hydroxylation is 2. The third-order valence-electron chi connectivity index (χ3n) is 3.91. The van der Waals surface area contributed by atoms with Crippen LogP contribution in [0.1, 0.15) is 27.2 Å². The zero-order chi connectivity index (χ0) is 14.3. The maximum absolute atomic E-state index is 12.8. The second kappa shape index (κ2) is 4.64. The van der Waals surface area contributed by atoms with E-state index >= 15 is 0 Å². The van der Waals surface area contributed by atoms with E-state index in [9.17, 15) is 4.79 Å². The number of ketones is 1. The molecule has 2 nitrogen and oxygen atoms in total. The maximum Gasteiger partial charge on any atom is 0.195 e. The molecule has 0 saturated carbocycles. The van der Waals surface area contributed by atoms with Crippen molar-refractivity contribution in [3.8, 4) is 0 Å². The van der Waals surface area contributed by atoms with Gasteiger partial charge in [0.2, 0.25) is 0 Å². The number of aromatic nitrogens is 1. The second-order valence-electron chi connectivity index (χ2n) is 5.24. The summed E-state index contributed by atoms with van der Waals surface area (Å²) in [7, 11) is 2.01. The van der Waals surface area contributed by atoms with Crippen LogP contribution in [-0.2, 0) is 7.05 Å². The number of fused-ring (bicyclic) bond motifs is 1. The normalized spacial score (nSPS) is 10.9. The van der Waals surface area contributed by atoms with Crippen molar-refractivity contribution in [2.24, 2.45) is 7.05 Å². The maximum atomic E-state index is 12.8. The molecule has 0 atom stereocenters. The highest BCUT2D eigenvalue weighted by atomic mass is 16.1. The lowest BCUT2D eigenvalue weighted by Crippen LogP contribution is -2.03. The van der Waals surface area contributed by atoms with Crippen LogP contribution in [0.2, 0.25) is 0 Å². The Morgan fingerprint density at radius 2 is 1.70 bits per heavy atom. The van der Waals surface area contributed by atoms with E-state index in [2.05, 4.69) is 29.7 Å². The molecule has 0 bridgehead atoms. The summed E-state index contributed by atoms with van der Waals surface area (Å²) in [6.07, 6.45) is 0. The SMILES string of the molecule is Cc1ccc2c(c1)c(C(=O)c1ccccc1)c(C)n2C. The van der Waals surface area contributed by atoms with Gasteiger partial charge in [-0.15, -0.1) is 0 Å². The summed E-state index contributed by atoms with van der Waals surface area (Å²) in [5, 5.41) is 1.04. The predicted octanol–water partition coefficient (Wildman–Crippen LogP) is 4.03.